The van der Waals surface area contributed by atoms with Crippen molar-refractivity contribution in [3.8, 4) is 11.1 Å². The molecular formula is C40H44N2O8. The predicted octanol–water partition coefficient (Wildman–Crippen LogP) is 6.87. The number of ketones is 1. The first-order valence-electron chi connectivity index (χ1n) is 16.8. The second kappa shape index (κ2) is 15.5. The third-order valence-electron chi connectivity index (χ3n) is 8.96. The molecule has 0 aromatic heterocycles. The molecule has 1 amide bonds. The molecule has 10 heteroatoms. The monoisotopic (exact) mass is 680 g/mol. The minimum Gasteiger partial charge on any atom is -0.511 e. The van der Waals surface area contributed by atoms with Crippen molar-refractivity contribution >= 4 is 29.5 Å². The summed E-state index contributed by atoms with van der Waals surface area (Å²) in [4.78, 5) is 57.2. The van der Waals surface area contributed by atoms with Crippen LogP contribution >= 0.6 is 0 Å². The number of rotatable bonds is 12. The van der Waals surface area contributed by atoms with Crippen LogP contribution in [-0.4, -0.2) is 59.9 Å². The van der Waals surface area contributed by atoms with Gasteiger partial charge in [-0.15, -0.1) is 0 Å². The average molecular weight is 681 g/mol. The number of hydrogen-bond donors (Lipinski definition) is 2. The Bertz CT molecular complexity index is 1760. The van der Waals surface area contributed by atoms with Crippen LogP contribution in [0.4, 0.5) is 4.79 Å². The van der Waals surface area contributed by atoms with Crippen LogP contribution in [0.1, 0.15) is 70.1 Å². The molecule has 2 aliphatic carbocycles. The molecule has 0 saturated heterocycles. The van der Waals surface area contributed by atoms with Crippen molar-refractivity contribution in [2.45, 2.75) is 72.1 Å². The molecular weight excluding hydrogens is 636 g/mol. The number of amides is 1. The van der Waals surface area contributed by atoms with Crippen LogP contribution in [0, 0.1) is 11.3 Å². The summed E-state index contributed by atoms with van der Waals surface area (Å²) < 4.78 is 16.7. The first-order chi connectivity index (χ1) is 23.8. The summed E-state index contributed by atoms with van der Waals surface area (Å²) in [5.41, 5.74) is 4.92. The first-order valence-corrected chi connectivity index (χ1v) is 16.8. The van der Waals surface area contributed by atoms with Gasteiger partial charge in [0.2, 0.25) is 0 Å². The number of aliphatic hydroxyl groups is 1. The lowest BCUT2D eigenvalue weighted by atomic mass is 9.75. The molecule has 3 aromatic carbocycles. The highest BCUT2D eigenvalue weighted by Gasteiger charge is 2.36. The maximum Gasteiger partial charge on any atom is 0.407 e. The second-order valence-corrected chi connectivity index (χ2v) is 13.9. The fourth-order valence-electron chi connectivity index (χ4n) is 6.48. The van der Waals surface area contributed by atoms with E-state index < -0.39 is 36.7 Å². The number of aliphatic hydroxyl groups excluding tert-OH is 1. The number of Topliss-reactive ketones (excluding diaryl/α,β-unsaturated/α-hetero) is 1. The van der Waals surface area contributed by atoms with Crippen molar-refractivity contribution in [1.82, 2.24) is 5.32 Å². The summed E-state index contributed by atoms with van der Waals surface area (Å²) in [5, 5.41) is 13.2. The fourth-order valence-corrected chi connectivity index (χ4v) is 6.48. The molecule has 5 rings (SSSR count). The van der Waals surface area contributed by atoms with Gasteiger partial charge in [-0.05, 0) is 46.1 Å². The minimum absolute atomic E-state index is 0.0213. The number of benzene rings is 3. The van der Waals surface area contributed by atoms with Crippen LogP contribution in [0.5, 0.6) is 0 Å². The van der Waals surface area contributed by atoms with Gasteiger partial charge in [0.1, 0.15) is 31.6 Å². The normalized spacial score (nSPS) is 16.7. The minimum atomic E-state index is -1.38. The molecule has 262 valence electrons. The number of aliphatic imine (C=N–C) groups is 1. The quantitative estimate of drug-likeness (QED) is 0.120. The number of carbonyl (C=O) groups excluding carboxylic acids is 4. The van der Waals surface area contributed by atoms with E-state index in [4.69, 9.17) is 14.2 Å². The number of ether oxygens (including phenoxy) is 3. The molecule has 0 spiro atoms. The summed E-state index contributed by atoms with van der Waals surface area (Å²) in [6.45, 7) is 8.33. The molecule has 10 nitrogen and oxygen atoms in total. The van der Waals surface area contributed by atoms with Crippen molar-refractivity contribution < 1.29 is 38.5 Å². The Balaban J connectivity index is 1.28. The van der Waals surface area contributed by atoms with Gasteiger partial charge in [-0.3, -0.25) is 9.79 Å². The second-order valence-electron chi connectivity index (χ2n) is 13.9. The number of esters is 2. The number of fused-ring (bicyclic) bond motifs is 3. The molecule has 0 unspecified atom stereocenters. The Morgan fingerprint density at radius 3 is 2.06 bits per heavy atom. The Labute approximate surface area is 292 Å². The summed E-state index contributed by atoms with van der Waals surface area (Å²) in [6, 6.07) is 22.5. The molecule has 0 radical (unpaired) electrons. The summed E-state index contributed by atoms with van der Waals surface area (Å²) >= 11 is 0. The van der Waals surface area contributed by atoms with E-state index in [1.54, 1.807) is 32.9 Å². The molecule has 0 bridgehead atoms. The fraction of sp³-hybridized carbons (Fsp3) is 0.375. The van der Waals surface area contributed by atoms with Gasteiger partial charge in [0, 0.05) is 24.5 Å². The smallest absolute Gasteiger partial charge is 0.407 e. The number of nitrogens with one attached hydrogen (secondary N) is 1. The molecule has 0 fully saturated rings. The van der Waals surface area contributed by atoms with Gasteiger partial charge in [0.25, 0.3) is 0 Å². The number of hydrogen-bond acceptors (Lipinski definition) is 9. The highest BCUT2D eigenvalue weighted by molar-refractivity contribution is 6.22. The van der Waals surface area contributed by atoms with Gasteiger partial charge in [-0.25, -0.2) is 14.4 Å². The van der Waals surface area contributed by atoms with Crippen LogP contribution in [0.25, 0.3) is 11.1 Å². The van der Waals surface area contributed by atoms with E-state index in [1.165, 1.54) is 0 Å². The number of nitrogens with zero attached hydrogens (tertiary/aromatic N) is 1. The average Bonchev–Trinajstić information content (AvgIpc) is 3.39. The topological polar surface area (TPSA) is 141 Å². The van der Waals surface area contributed by atoms with E-state index in [0.29, 0.717) is 6.42 Å². The predicted molar refractivity (Wildman–Crippen MR) is 189 cm³/mol. The maximum absolute atomic E-state index is 13.4. The highest BCUT2D eigenvalue weighted by atomic mass is 16.6. The summed E-state index contributed by atoms with van der Waals surface area (Å²) in [5.74, 6) is -2.44. The Kier molecular flexibility index (Phi) is 11.2. The standard InChI is InChI=1S/C40H44N2O8/c1-24(2)36(41-25(3)35-33(43)19-40(4,5)20-34(35)44)38(46)49-23-32(37(45)48-21-26-13-7-6-8-14-26)42-39(47)50-22-31-29-17-11-9-15-27(29)28-16-10-12-18-30(28)31/h6-18,24,31-32,36,43H,19-23H2,1-5H3,(H,42,47)/t32-,36+/m1/s1. The van der Waals surface area contributed by atoms with Gasteiger partial charge in [-0.2, -0.15) is 0 Å². The number of alkyl carbamates (subject to hydrolysis) is 1. The number of allylic oxidation sites excluding steroid dienone is 2. The lowest BCUT2D eigenvalue weighted by molar-refractivity contribution is -0.154. The van der Waals surface area contributed by atoms with E-state index in [1.807, 2.05) is 80.6 Å². The Hall–Kier alpha value is -5.25. The molecule has 0 heterocycles. The van der Waals surface area contributed by atoms with Crippen LogP contribution < -0.4 is 5.32 Å². The Morgan fingerprint density at radius 1 is 0.860 bits per heavy atom. The Morgan fingerprint density at radius 2 is 1.46 bits per heavy atom. The zero-order valence-corrected chi connectivity index (χ0v) is 29.1. The van der Waals surface area contributed by atoms with Crippen molar-refractivity contribution in [3.05, 3.63) is 107 Å². The molecule has 0 saturated carbocycles. The number of carbonyl (C=O) groups is 4. The van der Waals surface area contributed by atoms with Crippen molar-refractivity contribution in [1.29, 1.82) is 0 Å². The van der Waals surface area contributed by atoms with Gasteiger partial charge in [0.15, 0.2) is 11.8 Å². The van der Waals surface area contributed by atoms with E-state index in [9.17, 15) is 24.3 Å². The van der Waals surface area contributed by atoms with Crippen molar-refractivity contribution in [2.75, 3.05) is 13.2 Å². The summed E-state index contributed by atoms with van der Waals surface area (Å²) in [7, 11) is 0. The third kappa shape index (κ3) is 8.48. The van der Waals surface area contributed by atoms with Crippen LogP contribution in [0.15, 0.2) is 95.2 Å². The van der Waals surface area contributed by atoms with E-state index >= 15 is 0 Å². The van der Waals surface area contributed by atoms with E-state index in [-0.39, 0.29) is 59.7 Å². The highest BCUT2D eigenvalue weighted by Crippen LogP contribution is 2.44. The SMILES string of the molecule is CC(=N[C@H](C(=O)OC[C@@H](NC(=O)OCC1c2ccccc2-c2ccccc21)C(=O)OCc1ccccc1)C(C)C)C1=C(O)CC(C)(C)CC1=O. The molecule has 2 atom stereocenters. The van der Waals surface area contributed by atoms with Crippen LogP contribution in [0.2, 0.25) is 0 Å². The van der Waals surface area contributed by atoms with Gasteiger partial charge < -0.3 is 24.6 Å². The maximum atomic E-state index is 13.4. The molecule has 2 aliphatic rings. The summed E-state index contributed by atoms with van der Waals surface area (Å²) in [6.07, 6.45) is -0.323. The largest absolute Gasteiger partial charge is 0.511 e. The van der Waals surface area contributed by atoms with Gasteiger partial charge in [0.05, 0.1) is 5.57 Å². The zero-order chi connectivity index (χ0) is 36.0. The third-order valence-corrected chi connectivity index (χ3v) is 8.96. The van der Waals surface area contributed by atoms with Gasteiger partial charge in [-0.1, -0.05) is 107 Å². The first kappa shape index (κ1) is 36.0. The lowest BCUT2D eigenvalue weighted by Crippen LogP contribution is -2.46. The van der Waals surface area contributed by atoms with Crippen LogP contribution in [-0.2, 0) is 35.2 Å². The lowest BCUT2D eigenvalue weighted by Gasteiger charge is -2.29. The van der Waals surface area contributed by atoms with E-state index in [0.717, 1.165) is 27.8 Å². The van der Waals surface area contributed by atoms with Gasteiger partial charge >= 0.3 is 18.0 Å². The van der Waals surface area contributed by atoms with E-state index in [2.05, 4.69) is 10.3 Å². The van der Waals surface area contributed by atoms with Crippen molar-refractivity contribution in [2.24, 2.45) is 16.3 Å². The van der Waals surface area contributed by atoms with Crippen molar-refractivity contribution in [3.63, 3.8) is 0 Å². The molecule has 0 aliphatic heterocycles. The molecule has 2 N–H and O–H groups in total. The van der Waals surface area contributed by atoms with Crippen LogP contribution in [0.3, 0.4) is 0 Å². The molecule has 3 aromatic rings. The molecule has 50 heavy (non-hydrogen) atoms. The zero-order valence-electron chi connectivity index (χ0n) is 29.1.